The van der Waals surface area contributed by atoms with Crippen LogP contribution in [0, 0.1) is 5.82 Å². The van der Waals surface area contributed by atoms with Crippen molar-refractivity contribution in [2.24, 2.45) is 0 Å². The molecule has 0 amide bonds. The Kier molecular flexibility index (Phi) is 6.98. The van der Waals surface area contributed by atoms with Crippen LogP contribution >= 0.6 is 11.8 Å². The molecule has 0 radical (unpaired) electrons. The summed E-state index contributed by atoms with van der Waals surface area (Å²) in [5.74, 6) is 0.733. The zero-order valence-electron chi connectivity index (χ0n) is 18.6. The van der Waals surface area contributed by atoms with Crippen LogP contribution in [0.15, 0.2) is 90.5 Å². The van der Waals surface area contributed by atoms with Gasteiger partial charge in [-0.25, -0.2) is 4.39 Å². The number of rotatable bonds is 7. The first-order chi connectivity index (χ1) is 16.2. The minimum atomic E-state index is -0.176. The van der Waals surface area contributed by atoms with Gasteiger partial charge in [-0.1, -0.05) is 54.6 Å². The van der Waals surface area contributed by atoms with Crippen molar-refractivity contribution in [2.45, 2.75) is 37.4 Å². The molecule has 1 unspecified atom stereocenters. The van der Waals surface area contributed by atoms with Gasteiger partial charge in [-0.3, -0.25) is 4.90 Å². The van der Waals surface area contributed by atoms with Crippen molar-refractivity contribution in [3.05, 3.63) is 113 Å². The van der Waals surface area contributed by atoms with Gasteiger partial charge in [0.2, 0.25) is 0 Å². The zero-order valence-corrected chi connectivity index (χ0v) is 19.5. The van der Waals surface area contributed by atoms with Gasteiger partial charge in [0.25, 0.3) is 0 Å². The molecule has 33 heavy (non-hydrogen) atoms. The molecule has 0 aromatic heterocycles. The molecule has 0 bridgehead atoms. The maximum atomic E-state index is 13.3. The van der Waals surface area contributed by atoms with Gasteiger partial charge in [0, 0.05) is 31.9 Å². The standard InChI is InChI=1S/C28H29FN2OS/c29-25-10-8-24(9-11-25)28-31(18-19-33-28)26-14-16-30(17-15-26)20-22-6-12-27(13-7-22)32-21-23-4-2-1-3-5-23/h1-13,18-19,26,28H,14-17,20-21H2. The summed E-state index contributed by atoms with van der Waals surface area (Å²) in [7, 11) is 0. The predicted molar refractivity (Wildman–Crippen MR) is 133 cm³/mol. The molecule has 5 rings (SSSR count). The molecule has 3 aromatic rings. The van der Waals surface area contributed by atoms with Crippen LogP contribution in [0.4, 0.5) is 4.39 Å². The lowest BCUT2D eigenvalue weighted by Gasteiger charge is -2.39. The summed E-state index contributed by atoms with van der Waals surface area (Å²) < 4.78 is 19.2. The van der Waals surface area contributed by atoms with Gasteiger partial charge in [0.15, 0.2) is 0 Å². The topological polar surface area (TPSA) is 15.7 Å². The minimum Gasteiger partial charge on any atom is -0.489 e. The number of nitrogens with zero attached hydrogens (tertiary/aromatic N) is 2. The van der Waals surface area contributed by atoms with Gasteiger partial charge in [0.05, 0.1) is 0 Å². The van der Waals surface area contributed by atoms with Crippen LogP contribution < -0.4 is 4.74 Å². The smallest absolute Gasteiger partial charge is 0.123 e. The van der Waals surface area contributed by atoms with E-state index in [-0.39, 0.29) is 11.2 Å². The number of likely N-dealkylation sites (tertiary alicyclic amines) is 1. The number of benzene rings is 3. The molecule has 2 aliphatic rings. The van der Waals surface area contributed by atoms with Gasteiger partial charge in [0.1, 0.15) is 23.5 Å². The van der Waals surface area contributed by atoms with Crippen molar-refractivity contribution < 1.29 is 9.13 Å². The van der Waals surface area contributed by atoms with Crippen LogP contribution in [-0.4, -0.2) is 28.9 Å². The molecule has 2 heterocycles. The van der Waals surface area contributed by atoms with Crippen molar-refractivity contribution in [3.8, 4) is 5.75 Å². The molecule has 1 atom stereocenters. The van der Waals surface area contributed by atoms with Crippen LogP contribution in [-0.2, 0) is 13.2 Å². The van der Waals surface area contributed by atoms with Crippen LogP contribution in [0.1, 0.15) is 34.9 Å². The van der Waals surface area contributed by atoms with E-state index in [1.165, 1.54) is 16.7 Å². The quantitative estimate of drug-likeness (QED) is 0.395. The van der Waals surface area contributed by atoms with Crippen molar-refractivity contribution in [2.75, 3.05) is 13.1 Å². The monoisotopic (exact) mass is 460 g/mol. The maximum absolute atomic E-state index is 13.3. The Hall–Kier alpha value is -2.76. The summed E-state index contributed by atoms with van der Waals surface area (Å²) in [6.45, 7) is 3.73. The van der Waals surface area contributed by atoms with Gasteiger partial charge in [-0.05, 0) is 59.2 Å². The minimum absolute atomic E-state index is 0.176. The Morgan fingerprint density at radius 3 is 2.30 bits per heavy atom. The first-order valence-electron chi connectivity index (χ1n) is 11.6. The third-order valence-electron chi connectivity index (χ3n) is 6.42. The normalized spacial score (nSPS) is 19.2. The second-order valence-corrected chi connectivity index (χ2v) is 9.69. The zero-order chi connectivity index (χ0) is 22.5. The van der Waals surface area contributed by atoms with Gasteiger partial charge in [-0.2, -0.15) is 0 Å². The first-order valence-corrected chi connectivity index (χ1v) is 12.5. The first kappa shape index (κ1) is 22.1. The van der Waals surface area contributed by atoms with E-state index in [1.807, 2.05) is 42.1 Å². The molecular formula is C28H29FN2OS. The fourth-order valence-corrected chi connectivity index (χ4v) is 5.64. The number of piperidine rings is 1. The molecule has 0 saturated carbocycles. The fraction of sp³-hybridized carbons (Fsp3) is 0.286. The molecule has 5 heteroatoms. The Labute approximate surface area is 199 Å². The number of thioether (sulfide) groups is 1. The highest BCUT2D eigenvalue weighted by Crippen LogP contribution is 2.41. The Bertz CT molecular complexity index is 1050. The van der Waals surface area contributed by atoms with E-state index in [2.05, 4.69) is 57.8 Å². The van der Waals surface area contributed by atoms with E-state index >= 15 is 0 Å². The number of hydrogen-bond acceptors (Lipinski definition) is 4. The van der Waals surface area contributed by atoms with E-state index in [0.717, 1.165) is 38.2 Å². The maximum Gasteiger partial charge on any atom is 0.123 e. The summed E-state index contributed by atoms with van der Waals surface area (Å²) in [5.41, 5.74) is 3.67. The lowest BCUT2D eigenvalue weighted by molar-refractivity contribution is 0.132. The summed E-state index contributed by atoms with van der Waals surface area (Å²) in [6, 6.07) is 26.2. The molecule has 0 spiro atoms. The van der Waals surface area contributed by atoms with Crippen molar-refractivity contribution in [1.82, 2.24) is 9.80 Å². The Morgan fingerprint density at radius 2 is 1.58 bits per heavy atom. The third-order valence-corrected chi connectivity index (χ3v) is 7.48. The molecule has 2 aliphatic heterocycles. The second-order valence-electron chi connectivity index (χ2n) is 8.70. The molecule has 0 N–H and O–H groups in total. The molecule has 170 valence electrons. The molecule has 1 fully saturated rings. The highest BCUT2D eigenvalue weighted by Gasteiger charge is 2.31. The summed E-state index contributed by atoms with van der Waals surface area (Å²) in [6.07, 6.45) is 4.49. The van der Waals surface area contributed by atoms with E-state index in [0.29, 0.717) is 12.6 Å². The lowest BCUT2D eigenvalue weighted by Crippen LogP contribution is -2.42. The van der Waals surface area contributed by atoms with E-state index < -0.39 is 0 Å². The molecule has 1 saturated heterocycles. The van der Waals surface area contributed by atoms with E-state index in [9.17, 15) is 4.39 Å². The average Bonchev–Trinajstić information content (AvgIpc) is 3.35. The summed E-state index contributed by atoms with van der Waals surface area (Å²) >= 11 is 1.81. The summed E-state index contributed by atoms with van der Waals surface area (Å²) in [4.78, 5) is 5.00. The highest BCUT2D eigenvalue weighted by molar-refractivity contribution is 8.02. The van der Waals surface area contributed by atoms with E-state index in [4.69, 9.17) is 4.74 Å². The van der Waals surface area contributed by atoms with Crippen molar-refractivity contribution in [1.29, 1.82) is 0 Å². The summed E-state index contributed by atoms with van der Waals surface area (Å²) in [5, 5.41) is 2.42. The van der Waals surface area contributed by atoms with Crippen molar-refractivity contribution >= 4 is 11.8 Å². The largest absolute Gasteiger partial charge is 0.489 e. The Balaban J connectivity index is 1.11. The highest BCUT2D eigenvalue weighted by atomic mass is 32.2. The van der Waals surface area contributed by atoms with Crippen LogP contribution in [0.25, 0.3) is 0 Å². The molecule has 0 aliphatic carbocycles. The molecular weight excluding hydrogens is 431 g/mol. The predicted octanol–water partition coefficient (Wildman–Crippen LogP) is 6.59. The van der Waals surface area contributed by atoms with Gasteiger partial charge >= 0.3 is 0 Å². The number of ether oxygens (including phenoxy) is 1. The van der Waals surface area contributed by atoms with Crippen LogP contribution in [0.5, 0.6) is 5.75 Å². The van der Waals surface area contributed by atoms with Gasteiger partial charge < -0.3 is 9.64 Å². The molecule has 3 aromatic carbocycles. The van der Waals surface area contributed by atoms with Gasteiger partial charge in [-0.15, -0.1) is 11.8 Å². The average molecular weight is 461 g/mol. The fourth-order valence-electron chi connectivity index (χ4n) is 4.59. The van der Waals surface area contributed by atoms with Crippen molar-refractivity contribution in [3.63, 3.8) is 0 Å². The SMILES string of the molecule is Fc1ccc(C2SC=CN2C2CCN(Cc3ccc(OCc4ccccc4)cc3)CC2)cc1. The van der Waals surface area contributed by atoms with Crippen LogP contribution in [0.3, 0.4) is 0 Å². The number of halogens is 1. The number of hydrogen-bond donors (Lipinski definition) is 0. The van der Waals surface area contributed by atoms with E-state index in [1.54, 1.807) is 12.1 Å². The van der Waals surface area contributed by atoms with Crippen LogP contribution in [0.2, 0.25) is 0 Å². The third kappa shape index (κ3) is 5.60. The Morgan fingerprint density at radius 1 is 0.848 bits per heavy atom. The molecule has 3 nitrogen and oxygen atoms in total. The lowest BCUT2D eigenvalue weighted by atomic mass is 10.0. The second kappa shape index (κ2) is 10.4.